The van der Waals surface area contributed by atoms with Crippen LogP contribution in [0.5, 0.6) is 0 Å². The van der Waals surface area contributed by atoms with E-state index in [1.807, 2.05) is 21.1 Å². The van der Waals surface area contributed by atoms with Crippen LogP contribution in [0.3, 0.4) is 0 Å². The summed E-state index contributed by atoms with van der Waals surface area (Å²) in [7, 11) is 6.05. The summed E-state index contributed by atoms with van der Waals surface area (Å²) in [6.07, 6.45) is 12.5. The number of nitrogens with zero attached hydrogens (tertiary/aromatic N) is 1. The summed E-state index contributed by atoms with van der Waals surface area (Å²) in [5.74, 6) is -0.828. The van der Waals surface area contributed by atoms with E-state index in [2.05, 4.69) is 12.2 Å². The van der Waals surface area contributed by atoms with Crippen LogP contribution in [-0.4, -0.2) is 66.5 Å². The van der Waals surface area contributed by atoms with Gasteiger partial charge in [-0.15, -0.1) is 0 Å². The molecule has 0 aromatic heterocycles. The largest absolute Gasteiger partial charge is 0.480 e. The predicted octanol–water partition coefficient (Wildman–Crippen LogP) is 3.80. The van der Waals surface area contributed by atoms with Gasteiger partial charge in [-0.1, -0.05) is 71.1 Å². The second-order valence-corrected chi connectivity index (χ2v) is 9.08. The lowest BCUT2D eigenvalue weighted by atomic mass is 9.93. The molecule has 0 heterocycles. The Bertz CT molecular complexity index is 369. The fourth-order valence-electron chi connectivity index (χ4n) is 3.28. The molecule has 0 aliphatic rings. The van der Waals surface area contributed by atoms with Crippen molar-refractivity contribution in [1.82, 2.24) is 5.32 Å². The third-order valence-electron chi connectivity index (χ3n) is 4.99. The molecule has 156 valence electrons. The number of aliphatic hydroxyl groups is 1. The van der Waals surface area contributed by atoms with Crippen molar-refractivity contribution < 1.29 is 19.5 Å². The highest BCUT2D eigenvalue weighted by atomic mass is 16.4. The fraction of sp³-hybridized carbons (Fsp3) is 0.952. The lowest BCUT2D eigenvalue weighted by Crippen LogP contribution is -2.54. The molecule has 0 aromatic carbocycles. The van der Waals surface area contributed by atoms with Crippen LogP contribution in [-0.2, 0) is 4.79 Å². The molecule has 5 nitrogen and oxygen atoms in total. The number of carbonyl (C=O) groups is 1. The molecule has 0 aliphatic carbocycles. The molecule has 0 fully saturated rings. The Labute approximate surface area is 161 Å². The van der Waals surface area contributed by atoms with Gasteiger partial charge in [0.25, 0.3) is 0 Å². The topological polar surface area (TPSA) is 69.6 Å². The monoisotopic (exact) mass is 373 g/mol. The van der Waals surface area contributed by atoms with Gasteiger partial charge in [0.15, 0.2) is 0 Å². The zero-order valence-electron chi connectivity index (χ0n) is 18.0. The van der Waals surface area contributed by atoms with E-state index >= 15 is 0 Å². The Hall–Kier alpha value is -0.650. The van der Waals surface area contributed by atoms with Crippen LogP contribution >= 0.6 is 0 Å². The zero-order valence-corrected chi connectivity index (χ0v) is 18.0. The Morgan fingerprint density at radius 3 is 1.85 bits per heavy atom. The van der Waals surface area contributed by atoms with E-state index < -0.39 is 17.6 Å². The first-order valence-electron chi connectivity index (χ1n) is 10.6. The number of β-amino-alcohol motifs (C(OH)–C–C–N with tert-alkyl or cyclic N) is 1. The molecule has 0 aliphatic heterocycles. The molecule has 5 heteroatoms. The van der Waals surface area contributed by atoms with Gasteiger partial charge in [-0.2, -0.15) is 0 Å². The number of aliphatic hydroxyl groups excluding tert-OH is 1. The molecule has 0 aromatic rings. The molecular weight excluding hydrogens is 328 g/mol. The number of hydrogen-bond acceptors (Lipinski definition) is 3. The SMILES string of the molecule is CCCCCCCCCCCCC(C)(NCC(O)C[N+](C)(C)C)C(=O)O. The normalized spacial score (nSPS) is 15.6. The molecule has 0 radical (unpaired) electrons. The van der Waals surface area contributed by atoms with Gasteiger partial charge in [0.1, 0.15) is 18.2 Å². The third kappa shape index (κ3) is 13.5. The molecule has 2 atom stereocenters. The summed E-state index contributed by atoms with van der Waals surface area (Å²) in [6.45, 7) is 4.89. The summed E-state index contributed by atoms with van der Waals surface area (Å²) >= 11 is 0. The molecule has 0 rings (SSSR count). The number of unbranched alkanes of at least 4 members (excludes halogenated alkanes) is 9. The van der Waals surface area contributed by atoms with Crippen molar-refractivity contribution in [3.8, 4) is 0 Å². The number of rotatable bonds is 17. The minimum Gasteiger partial charge on any atom is -0.480 e. The van der Waals surface area contributed by atoms with Gasteiger partial charge < -0.3 is 14.7 Å². The maximum Gasteiger partial charge on any atom is 0.323 e. The highest BCUT2D eigenvalue weighted by Gasteiger charge is 2.33. The highest BCUT2D eigenvalue weighted by Crippen LogP contribution is 2.17. The average molecular weight is 374 g/mol. The average Bonchev–Trinajstić information content (AvgIpc) is 2.53. The molecule has 0 spiro atoms. The van der Waals surface area contributed by atoms with E-state index in [-0.39, 0.29) is 0 Å². The van der Waals surface area contributed by atoms with E-state index in [1.165, 1.54) is 51.4 Å². The first-order chi connectivity index (χ1) is 12.1. The van der Waals surface area contributed by atoms with E-state index in [1.54, 1.807) is 6.92 Å². The summed E-state index contributed by atoms with van der Waals surface area (Å²) in [5, 5.41) is 22.8. The van der Waals surface area contributed by atoms with Crippen molar-refractivity contribution in [1.29, 1.82) is 0 Å². The van der Waals surface area contributed by atoms with Gasteiger partial charge in [0.2, 0.25) is 0 Å². The van der Waals surface area contributed by atoms with Crippen molar-refractivity contribution in [3.05, 3.63) is 0 Å². The standard InChI is InChI=1S/C21H44N2O3/c1-6-7-8-9-10-11-12-13-14-15-16-21(2,20(25)26)22-17-19(24)18-23(3,4)5/h19,22,24H,6-18H2,1-5H3/p+1. The van der Waals surface area contributed by atoms with Crippen LogP contribution in [0.25, 0.3) is 0 Å². The number of nitrogens with one attached hydrogen (secondary N) is 1. The first kappa shape index (κ1) is 25.4. The highest BCUT2D eigenvalue weighted by molar-refractivity contribution is 5.78. The van der Waals surface area contributed by atoms with Crippen molar-refractivity contribution in [2.45, 2.75) is 96.1 Å². The van der Waals surface area contributed by atoms with Crippen molar-refractivity contribution in [2.75, 3.05) is 34.2 Å². The Balaban J connectivity index is 3.95. The number of carboxylic acid groups (broad SMARTS) is 1. The predicted molar refractivity (Wildman–Crippen MR) is 109 cm³/mol. The van der Waals surface area contributed by atoms with Gasteiger partial charge >= 0.3 is 5.97 Å². The summed E-state index contributed by atoms with van der Waals surface area (Å²) in [4.78, 5) is 11.7. The first-order valence-corrected chi connectivity index (χ1v) is 10.6. The Kier molecular flexibility index (Phi) is 13.2. The fourth-order valence-corrected chi connectivity index (χ4v) is 3.28. The molecule has 3 N–H and O–H groups in total. The molecule has 0 saturated carbocycles. The number of carboxylic acids is 1. The van der Waals surface area contributed by atoms with Gasteiger partial charge in [0, 0.05) is 6.54 Å². The Morgan fingerprint density at radius 2 is 1.42 bits per heavy atom. The quantitative estimate of drug-likeness (QED) is 0.268. The lowest BCUT2D eigenvalue weighted by Gasteiger charge is -2.30. The second kappa shape index (κ2) is 13.5. The van der Waals surface area contributed by atoms with Gasteiger partial charge in [0.05, 0.1) is 21.1 Å². The van der Waals surface area contributed by atoms with Gasteiger partial charge in [-0.05, 0) is 13.3 Å². The zero-order chi connectivity index (χ0) is 20.1. The maximum atomic E-state index is 11.7. The lowest BCUT2D eigenvalue weighted by molar-refractivity contribution is -0.873. The van der Waals surface area contributed by atoms with Crippen LogP contribution < -0.4 is 5.32 Å². The van der Waals surface area contributed by atoms with Crippen LogP contribution in [0.4, 0.5) is 0 Å². The summed E-state index contributed by atoms with van der Waals surface area (Å²) < 4.78 is 0.658. The third-order valence-corrected chi connectivity index (χ3v) is 4.99. The number of aliphatic carboxylic acids is 1. The van der Waals surface area contributed by atoms with Crippen molar-refractivity contribution >= 4 is 5.97 Å². The van der Waals surface area contributed by atoms with Crippen LogP contribution in [0, 0.1) is 0 Å². The van der Waals surface area contributed by atoms with Gasteiger partial charge in [-0.3, -0.25) is 10.1 Å². The molecule has 2 unspecified atom stereocenters. The molecule has 0 saturated heterocycles. The number of hydrogen-bond donors (Lipinski definition) is 3. The minimum absolute atomic E-state index is 0.316. The van der Waals surface area contributed by atoms with E-state index in [4.69, 9.17) is 0 Å². The van der Waals surface area contributed by atoms with Crippen LogP contribution in [0.2, 0.25) is 0 Å². The minimum atomic E-state index is -0.952. The molecule has 26 heavy (non-hydrogen) atoms. The molecular formula is C21H45N2O3+. The van der Waals surface area contributed by atoms with E-state index in [0.29, 0.717) is 24.0 Å². The molecule has 0 amide bonds. The van der Waals surface area contributed by atoms with Crippen LogP contribution in [0.1, 0.15) is 84.5 Å². The maximum absolute atomic E-state index is 11.7. The van der Waals surface area contributed by atoms with Crippen molar-refractivity contribution in [2.24, 2.45) is 0 Å². The number of likely N-dealkylation sites (N-methyl/N-ethyl adjacent to an activating group) is 1. The second-order valence-electron chi connectivity index (χ2n) is 9.08. The summed E-state index contributed by atoms with van der Waals surface area (Å²) in [5.41, 5.74) is -0.952. The molecule has 0 bridgehead atoms. The van der Waals surface area contributed by atoms with Gasteiger partial charge in [-0.25, -0.2) is 0 Å². The smallest absolute Gasteiger partial charge is 0.323 e. The van der Waals surface area contributed by atoms with E-state index in [0.717, 1.165) is 12.8 Å². The Morgan fingerprint density at radius 1 is 0.962 bits per heavy atom. The van der Waals surface area contributed by atoms with Crippen LogP contribution in [0.15, 0.2) is 0 Å². The van der Waals surface area contributed by atoms with Crippen molar-refractivity contribution in [3.63, 3.8) is 0 Å². The number of quaternary nitrogens is 1. The summed E-state index contributed by atoms with van der Waals surface area (Å²) in [6, 6.07) is 0. The van der Waals surface area contributed by atoms with E-state index in [9.17, 15) is 15.0 Å².